The van der Waals surface area contributed by atoms with Crippen molar-refractivity contribution in [1.82, 2.24) is 14.0 Å². The van der Waals surface area contributed by atoms with Gasteiger partial charge in [0.05, 0.1) is 7.11 Å². The molecule has 0 unspecified atom stereocenters. The molecular formula is C18H20BrN3O4. The summed E-state index contributed by atoms with van der Waals surface area (Å²) >= 11 is 3.31. The monoisotopic (exact) mass is 421 g/mol. The number of carbonyl (C=O) groups excluding carboxylic acids is 2. The zero-order valence-corrected chi connectivity index (χ0v) is 16.0. The number of hydrogen-bond donors (Lipinski definition) is 0. The maximum absolute atomic E-state index is 12.5. The number of halogens is 1. The number of nitrogens with zero attached hydrogens (tertiary/aromatic N) is 3. The number of rotatable bonds is 4. The van der Waals surface area contributed by atoms with Crippen LogP contribution < -0.4 is 5.56 Å². The molecule has 0 aromatic carbocycles. The first-order chi connectivity index (χ1) is 12.5. The smallest absolute Gasteiger partial charge is 0.354 e. The van der Waals surface area contributed by atoms with E-state index >= 15 is 0 Å². The summed E-state index contributed by atoms with van der Waals surface area (Å²) in [6.45, 7) is 1.20. The minimum Gasteiger partial charge on any atom is -0.464 e. The van der Waals surface area contributed by atoms with E-state index < -0.39 is 0 Å². The molecule has 1 amide bonds. The largest absolute Gasteiger partial charge is 0.464 e. The van der Waals surface area contributed by atoms with Crippen LogP contribution in [0.4, 0.5) is 0 Å². The van der Waals surface area contributed by atoms with E-state index in [0.29, 0.717) is 18.8 Å². The Balaban J connectivity index is 1.62. The zero-order chi connectivity index (χ0) is 18.7. The number of amides is 1. The standard InChI is InChI=1S/C18H20BrN3O4/c1-26-18(25)15-3-2-8-22(15)14-6-9-20(10-7-14)17(24)12-21-11-13(19)4-5-16(21)23/h2-5,8,11,14H,6-7,9-10,12H2,1H3. The van der Waals surface area contributed by atoms with Gasteiger partial charge in [-0.1, -0.05) is 0 Å². The predicted molar refractivity (Wildman–Crippen MR) is 99.0 cm³/mol. The van der Waals surface area contributed by atoms with Crippen molar-refractivity contribution in [1.29, 1.82) is 0 Å². The average molecular weight is 422 g/mol. The zero-order valence-electron chi connectivity index (χ0n) is 14.4. The lowest BCUT2D eigenvalue weighted by molar-refractivity contribution is -0.133. The molecule has 2 aromatic rings. The molecule has 0 spiro atoms. The van der Waals surface area contributed by atoms with Crippen LogP contribution in [0.5, 0.6) is 0 Å². The van der Waals surface area contributed by atoms with Crippen LogP contribution in [0.15, 0.2) is 45.9 Å². The van der Waals surface area contributed by atoms with Crippen LogP contribution in [-0.4, -0.2) is 46.1 Å². The van der Waals surface area contributed by atoms with Gasteiger partial charge in [0.25, 0.3) is 5.56 Å². The van der Waals surface area contributed by atoms with Crippen molar-refractivity contribution in [2.24, 2.45) is 0 Å². The van der Waals surface area contributed by atoms with E-state index in [1.807, 2.05) is 16.8 Å². The SMILES string of the molecule is COC(=O)c1cccn1C1CCN(C(=O)Cn2cc(Br)ccc2=O)CC1. The Morgan fingerprint density at radius 2 is 1.96 bits per heavy atom. The Kier molecular flexibility index (Phi) is 5.61. The summed E-state index contributed by atoms with van der Waals surface area (Å²) in [5, 5.41) is 0. The Labute approximate surface area is 159 Å². The highest BCUT2D eigenvalue weighted by molar-refractivity contribution is 9.10. The van der Waals surface area contributed by atoms with Gasteiger partial charge in [-0.05, 0) is 47.0 Å². The highest BCUT2D eigenvalue weighted by Crippen LogP contribution is 2.25. The van der Waals surface area contributed by atoms with Crippen molar-refractivity contribution in [3.8, 4) is 0 Å². The number of methoxy groups -OCH3 is 1. The number of piperidine rings is 1. The first kappa shape index (κ1) is 18.4. The summed E-state index contributed by atoms with van der Waals surface area (Å²) in [7, 11) is 1.37. The summed E-state index contributed by atoms with van der Waals surface area (Å²) in [5.41, 5.74) is 0.324. The fourth-order valence-electron chi connectivity index (χ4n) is 3.25. The van der Waals surface area contributed by atoms with Crippen molar-refractivity contribution >= 4 is 27.8 Å². The molecule has 0 bridgehead atoms. The van der Waals surface area contributed by atoms with Crippen LogP contribution in [0.3, 0.4) is 0 Å². The molecule has 1 aliphatic heterocycles. The van der Waals surface area contributed by atoms with Crippen LogP contribution in [0.2, 0.25) is 0 Å². The van der Waals surface area contributed by atoms with E-state index in [0.717, 1.165) is 17.3 Å². The summed E-state index contributed by atoms with van der Waals surface area (Å²) in [6.07, 6.45) is 4.99. The Morgan fingerprint density at radius 1 is 1.23 bits per heavy atom. The van der Waals surface area contributed by atoms with E-state index in [2.05, 4.69) is 15.9 Å². The van der Waals surface area contributed by atoms with Gasteiger partial charge in [-0.2, -0.15) is 0 Å². The lowest BCUT2D eigenvalue weighted by atomic mass is 10.0. The molecule has 8 heteroatoms. The molecule has 0 atom stereocenters. The van der Waals surface area contributed by atoms with Crippen molar-refractivity contribution in [3.05, 3.63) is 57.2 Å². The number of likely N-dealkylation sites (tertiary alicyclic amines) is 1. The Morgan fingerprint density at radius 3 is 2.65 bits per heavy atom. The summed E-state index contributed by atoms with van der Waals surface area (Å²) in [6, 6.07) is 6.80. The number of pyridine rings is 1. The quantitative estimate of drug-likeness (QED) is 0.708. The van der Waals surface area contributed by atoms with Crippen LogP contribution in [0.1, 0.15) is 29.4 Å². The molecule has 1 fully saturated rings. The van der Waals surface area contributed by atoms with Gasteiger partial charge >= 0.3 is 5.97 Å². The third-order valence-electron chi connectivity index (χ3n) is 4.64. The minimum absolute atomic E-state index is 0.0276. The van der Waals surface area contributed by atoms with E-state index in [-0.39, 0.29) is 30.0 Å². The van der Waals surface area contributed by atoms with Crippen molar-refractivity contribution < 1.29 is 14.3 Å². The molecule has 7 nitrogen and oxygen atoms in total. The van der Waals surface area contributed by atoms with Crippen molar-refractivity contribution in [3.63, 3.8) is 0 Å². The van der Waals surface area contributed by atoms with Crippen LogP contribution in [-0.2, 0) is 16.1 Å². The Bertz CT molecular complexity index is 865. The maximum Gasteiger partial charge on any atom is 0.354 e. The third kappa shape index (κ3) is 3.90. The molecule has 0 aliphatic carbocycles. The molecule has 2 aromatic heterocycles. The number of ether oxygens (including phenoxy) is 1. The van der Waals surface area contributed by atoms with Gasteiger partial charge in [-0.25, -0.2) is 4.79 Å². The second-order valence-corrected chi connectivity index (χ2v) is 7.13. The van der Waals surface area contributed by atoms with Crippen molar-refractivity contribution in [2.45, 2.75) is 25.4 Å². The van der Waals surface area contributed by atoms with Crippen LogP contribution in [0.25, 0.3) is 0 Å². The summed E-state index contributed by atoms with van der Waals surface area (Å²) in [5.74, 6) is -0.438. The molecular weight excluding hydrogens is 402 g/mol. The maximum atomic E-state index is 12.5. The van der Waals surface area contributed by atoms with Gasteiger partial charge in [-0.15, -0.1) is 0 Å². The summed E-state index contributed by atoms with van der Waals surface area (Å²) < 4.78 is 8.89. The fourth-order valence-corrected chi connectivity index (χ4v) is 3.63. The predicted octanol–water partition coefficient (Wildman–Crippen LogP) is 2.06. The number of hydrogen-bond acceptors (Lipinski definition) is 4. The van der Waals surface area contributed by atoms with E-state index in [9.17, 15) is 14.4 Å². The fraction of sp³-hybridized carbons (Fsp3) is 0.389. The number of carbonyl (C=O) groups is 2. The lowest BCUT2D eigenvalue weighted by Gasteiger charge is -2.33. The number of aromatic nitrogens is 2. The van der Waals surface area contributed by atoms with E-state index in [4.69, 9.17) is 4.74 Å². The molecule has 138 valence electrons. The first-order valence-corrected chi connectivity index (χ1v) is 9.18. The van der Waals surface area contributed by atoms with Crippen LogP contribution in [0, 0.1) is 0 Å². The minimum atomic E-state index is -0.359. The molecule has 0 N–H and O–H groups in total. The van der Waals surface area contributed by atoms with Gasteiger partial charge in [-0.3, -0.25) is 9.59 Å². The number of esters is 1. The second-order valence-electron chi connectivity index (χ2n) is 6.22. The molecule has 0 radical (unpaired) electrons. The average Bonchev–Trinajstić information content (AvgIpc) is 3.14. The van der Waals surface area contributed by atoms with Crippen LogP contribution >= 0.6 is 15.9 Å². The van der Waals surface area contributed by atoms with Gasteiger partial charge < -0.3 is 18.8 Å². The second kappa shape index (κ2) is 7.90. The molecule has 26 heavy (non-hydrogen) atoms. The highest BCUT2D eigenvalue weighted by atomic mass is 79.9. The molecule has 1 aliphatic rings. The highest BCUT2D eigenvalue weighted by Gasteiger charge is 2.26. The summed E-state index contributed by atoms with van der Waals surface area (Å²) in [4.78, 5) is 38.0. The molecule has 3 rings (SSSR count). The molecule has 0 saturated carbocycles. The van der Waals surface area contributed by atoms with Gasteiger partial charge in [0, 0.05) is 42.1 Å². The first-order valence-electron chi connectivity index (χ1n) is 8.38. The molecule has 3 heterocycles. The molecule has 1 saturated heterocycles. The van der Waals surface area contributed by atoms with Gasteiger partial charge in [0.15, 0.2) is 0 Å². The van der Waals surface area contributed by atoms with Gasteiger partial charge in [0.1, 0.15) is 12.2 Å². The Hall–Kier alpha value is -2.35. The topological polar surface area (TPSA) is 73.5 Å². The van der Waals surface area contributed by atoms with E-state index in [1.165, 1.54) is 17.7 Å². The van der Waals surface area contributed by atoms with Crippen molar-refractivity contribution in [2.75, 3.05) is 20.2 Å². The van der Waals surface area contributed by atoms with Gasteiger partial charge in [0.2, 0.25) is 5.91 Å². The normalized spacial score (nSPS) is 15.1. The van der Waals surface area contributed by atoms with E-state index in [1.54, 1.807) is 23.2 Å². The third-order valence-corrected chi connectivity index (χ3v) is 5.11. The lowest BCUT2D eigenvalue weighted by Crippen LogP contribution is -2.42.